The Morgan fingerprint density at radius 2 is 2.24 bits per heavy atom. The van der Waals surface area contributed by atoms with Crippen LogP contribution in [-0.4, -0.2) is 45.3 Å². The molecule has 2 aromatic rings. The highest BCUT2D eigenvalue weighted by Crippen LogP contribution is 2.35. The van der Waals surface area contributed by atoms with E-state index in [1.807, 2.05) is 24.1 Å². The molecule has 1 amide bonds. The lowest BCUT2D eigenvalue weighted by Crippen LogP contribution is -2.43. The average molecular weight is 340 g/mol. The van der Waals surface area contributed by atoms with Crippen molar-refractivity contribution in [2.75, 3.05) is 19.8 Å². The number of carbonyl (C=O) groups excluding carboxylic acids is 1. The standard InChI is InChI=1S/C19H24N4O2/c1-2-25-13-17-18-15(11-21-23(18)12-14-5-6-14)7-9-22(17)19(24)16-4-3-8-20-10-16/h3-4,8,10-11,14,17H,2,5-7,9,12-13H2,1H3. The summed E-state index contributed by atoms with van der Waals surface area (Å²) in [6.07, 6.45) is 8.70. The van der Waals surface area contributed by atoms with E-state index in [1.165, 1.54) is 18.4 Å². The molecule has 6 nitrogen and oxygen atoms in total. The van der Waals surface area contributed by atoms with Gasteiger partial charge in [-0.25, -0.2) is 0 Å². The lowest BCUT2D eigenvalue weighted by molar-refractivity contribution is 0.0397. The van der Waals surface area contributed by atoms with Gasteiger partial charge in [-0.15, -0.1) is 0 Å². The van der Waals surface area contributed by atoms with Gasteiger partial charge < -0.3 is 9.64 Å². The molecule has 2 aliphatic rings. The van der Waals surface area contributed by atoms with Gasteiger partial charge in [-0.2, -0.15) is 5.10 Å². The fourth-order valence-corrected chi connectivity index (χ4v) is 3.54. The number of amides is 1. The maximum Gasteiger partial charge on any atom is 0.256 e. The minimum Gasteiger partial charge on any atom is -0.379 e. The number of nitrogens with zero attached hydrogens (tertiary/aromatic N) is 4. The van der Waals surface area contributed by atoms with E-state index in [2.05, 4.69) is 14.8 Å². The molecule has 2 aromatic heterocycles. The zero-order valence-corrected chi connectivity index (χ0v) is 14.6. The Balaban J connectivity index is 1.65. The Bertz CT molecular complexity index is 739. The number of pyridine rings is 1. The third-order valence-corrected chi connectivity index (χ3v) is 5.05. The van der Waals surface area contributed by atoms with Crippen molar-refractivity contribution in [3.05, 3.63) is 47.5 Å². The van der Waals surface area contributed by atoms with Crippen LogP contribution in [-0.2, 0) is 17.7 Å². The van der Waals surface area contributed by atoms with Crippen LogP contribution in [0.25, 0.3) is 0 Å². The van der Waals surface area contributed by atoms with Gasteiger partial charge in [0.2, 0.25) is 0 Å². The van der Waals surface area contributed by atoms with Gasteiger partial charge in [0.25, 0.3) is 5.91 Å². The van der Waals surface area contributed by atoms with Crippen LogP contribution in [0.5, 0.6) is 0 Å². The Hall–Kier alpha value is -2.21. The summed E-state index contributed by atoms with van der Waals surface area (Å²) in [7, 11) is 0. The summed E-state index contributed by atoms with van der Waals surface area (Å²) in [5, 5.41) is 4.61. The topological polar surface area (TPSA) is 60.2 Å². The molecule has 0 aromatic carbocycles. The molecule has 0 bridgehead atoms. The number of carbonyl (C=O) groups is 1. The van der Waals surface area contributed by atoms with Crippen molar-refractivity contribution >= 4 is 5.91 Å². The van der Waals surface area contributed by atoms with Crippen LogP contribution in [0, 0.1) is 5.92 Å². The Morgan fingerprint density at radius 1 is 1.36 bits per heavy atom. The van der Waals surface area contributed by atoms with Gasteiger partial charge in [0.15, 0.2) is 0 Å². The van der Waals surface area contributed by atoms with Gasteiger partial charge in [0.05, 0.1) is 30.1 Å². The van der Waals surface area contributed by atoms with E-state index in [0.717, 1.165) is 24.6 Å². The second-order valence-corrected chi connectivity index (χ2v) is 6.85. The first kappa shape index (κ1) is 16.3. The van der Waals surface area contributed by atoms with E-state index in [9.17, 15) is 4.79 Å². The number of hydrogen-bond acceptors (Lipinski definition) is 4. The molecule has 1 aliphatic heterocycles. The number of fused-ring (bicyclic) bond motifs is 1. The first-order chi connectivity index (χ1) is 12.3. The van der Waals surface area contributed by atoms with Gasteiger partial charge in [0, 0.05) is 32.1 Å². The average Bonchev–Trinajstić information content (AvgIpc) is 3.38. The Labute approximate surface area is 147 Å². The van der Waals surface area contributed by atoms with Crippen LogP contribution in [0.15, 0.2) is 30.7 Å². The molecular formula is C19H24N4O2. The van der Waals surface area contributed by atoms with Crippen molar-refractivity contribution in [3.63, 3.8) is 0 Å². The second-order valence-electron chi connectivity index (χ2n) is 6.85. The molecule has 1 unspecified atom stereocenters. The number of aromatic nitrogens is 3. The predicted molar refractivity (Wildman–Crippen MR) is 93.2 cm³/mol. The SMILES string of the molecule is CCOCC1c2c(cnn2CC2CC2)CCN1C(=O)c1cccnc1. The zero-order valence-electron chi connectivity index (χ0n) is 14.6. The van der Waals surface area contributed by atoms with Crippen LogP contribution in [0.1, 0.15) is 47.4 Å². The van der Waals surface area contributed by atoms with Gasteiger partial charge in [-0.05, 0) is 49.8 Å². The highest BCUT2D eigenvalue weighted by atomic mass is 16.5. The maximum atomic E-state index is 13.1. The van der Waals surface area contributed by atoms with E-state index in [4.69, 9.17) is 4.74 Å². The van der Waals surface area contributed by atoms with Crippen LogP contribution >= 0.6 is 0 Å². The van der Waals surface area contributed by atoms with E-state index in [-0.39, 0.29) is 11.9 Å². The number of hydrogen-bond donors (Lipinski definition) is 0. The molecule has 25 heavy (non-hydrogen) atoms. The van der Waals surface area contributed by atoms with E-state index in [0.29, 0.717) is 25.3 Å². The Kier molecular flexibility index (Phi) is 4.53. The highest BCUT2D eigenvalue weighted by molar-refractivity contribution is 5.94. The molecule has 1 aliphatic carbocycles. The molecule has 1 fully saturated rings. The molecule has 3 heterocycles. The summed E-state index contributed by atoms with van der Waals surface area (Å²) in [4.78, 5) is 19.1. The molecule has 132 valence electrons. The monoisotopic (exact) mass is 340 g/mol. The molecule has 4 rings (SSSR count). The van der Waals surface area contributed by atoms with Crippen LogP contribution in [0.3, 0.4) is 0 Å². The molecule has 0 saturated heterocycles. The quantitative estimate of drug-likeness (QED) is 0.810. The van der Waals surface area contributed by atoms with Crippen LogP contribution in [0.4, 0.5) is 0 Å². The minimum atomic E-state index is -0.0855. The molecular weight excluding hydrogens is 316 g/mol. The third kappa shape index (κ3) is 3.31. The zero-order chi connectivity index (χ0) is 17.2. The fraction of sp³-hybridized carbons (Fsp3) is 0.526. The summed E-state index contributed by atoms with van der Waals surface area (Å²) in [5.74, 6) is 0.753. The first-order valence-corrected chi connectivity index (χ1v) is 9.11. The summed E-state index contributed by atoms with van der Waals surface area (Å²) < 4.78 is 7.85. The highest BCUT2D eigenvalue weighted by Gasteiger charge is 2.36. The normalized spacial score (nSPS) is 19.7. The molecule has 0 spiro atoms. The van der Waals surface area contributed by atoms with E-state index >= 15 is 0 Å². The second kappa shape index (κ2) is 6.96. The summed E-state index contributed by atoms with van der Waals surface area (Å²) in [6.45, 7) is 4.77. The molecule has 0 radical (unpaired) electrons. The van der Waals surface area contributed by atoms with E-state index < -0.39 is 0 Å². The number of ether oxygens (including phenoxy) is 1. The van der Waals surface area contributed by atoms with Crippen molar-refractivity contribution < 1.29 is 9.53 Å². The molecule has 1 saturated carbocycles. The van der Waals surface area contributed by atoms with Crippen molar-refractivity contribution in [2.24, 2.45) is 5.92 Å². The van der Waals surface area contributed by atoms with Crippen molar-refractivity contribution in [1.82, 2.24) is 19.7 Å². The number of rotatable bonds is 6. The summed E-state index contributed by atoms with van der Waals surface area (Å²) in [5.41, 5.74) is 3.03. The van der Waals surface area contributed by atoms with Gasteiger partial charge in [-0.1, -0.05) is 0 Å². The summed E-state index contributed by atoms with van der Waals surface area (Å²) in [6, 6.07) is 3.54. The lowest BCUT2D eigenvalue weighted by Gasteiger charge is -2.36. The summed E-state index contributed by atoms with van der Waals surface area (Å²) >= 11 is 0. The first-order valence-electron chi connectivity index (χ1n) is 9.11. The van der Waals surface area contributed by atoms with Gasteiger partial charge in [0.1, 0.15) is 0 Å². The predicted octanol–water partition coefficient (Wildman–Crippen LogP) is 2.46. The van der Waals surface area contributed by atoms with Crippen LogP contribution < -0.4 is 0 Å². The fourth-order valence-electron chi connectivity index (χ4n) is 3.54. The van der Waals surface area contributed by atoms with Gasteiger partial charge in [-0.3, -0.25) is 14.5 Å². The smallest absolute Gasteiger partial charge is 0.256 e. The maximum absolute atomic E-state index is 13.1. The van der Waals surface area contributed by atoms with Crippen LogP contribution in [0.2, 0.25) is 0 Å². The molecule has 1 atom stereocenters. The lowest BCUT2D eigenvalue weighted by atomic mass is 9.99. The molecule has 0 N–H and O–H groups in total. The Morgan fingerprint density at radius 3 is 2.96 bits per heavy atom. The van der Waals surface area contributed by atoms with Crippen molar-refractivity contribution in [1.29, 1.82) is 0 Å². The van der Waals surface area contributed by atoms with Crippen molar-refractivity contribution in [3.8, 4) is 0 Å². The minimum absolute atomic E-state index is 0.0163. The molecule has 6 heteroatoms. The van der Waals surface area contributed by atoms with E-state index in [1.54, 1.807) is 18.5 Å². The van der Waals surface area contributed by atoms with Gasteiger partial charge >= 0.3 is 0 Å². The largest absolute Gasteiger partial charge is 0.379 e. The van der Waals surface area contributed by atoms with Crippen molar-refractivity contribution in [2.45, 2.75) is 38.8 Å². The third-order valence-electron chi connectivity index (χ3n) is 5.05.